The summed E-state index contributed by atoms with van der Waals surface area (Å²) in [5.74, 6) is 0.156. The van der Waals surface area contributed by atoms with Crippen molar-refractivity contribution in [2.45, 2.75) is 26.1 Å². The maximum Gasteiger partial charge on any atom is 0.416 e. The van der Waals surface area contributed by atoms with Gasteiger partial charge in [0, 0.05) is 18.3 Å². The SMILES string of the molecule is C#Cc1ccc(C2C(C(=O)OCC)=C(C)N(c3cccc(C(F)(F)F)c3)C(=O)N2C)c(C(=O)O)c1. The number of carbonyl (C=O) groups is 3. The number of hydrogen-bond acceptors (Lipinski definition) is 4. The van der Waals surface area contributed by atoms with Gasteiger partial charge in [-0.15, -0.1) is 6.42 Å². The maximum atomic E-state index is 13.4. The summed E-state index contributed by atoms with van der Waals surface area (Å²) in [4.78, 5) is 40.5. The Bertz CT molecular complexity index is 1280. The van der Waals surface area contributed by atoms with Crippen LogP contribution in [0.4, 0.5) is 23.7 Å². The van der Waals surface area contributed by atoms with E-state index < -0.39 is 35.8 Å². The molecule has 35 heavy (non-hydrogen) atoms. The summed E-state index contributed by atoms with van der Waals surface area (Å²) in [5, 5.41) is 9.78. The number of likely N-dealkylation sites (N-methyl/N-ethyl adjacent to an activating group) is 1. The number of alkyl halides is 3. The largest absolute Gasteiger partial charge is 0.478 e. The number of carbonyl (C=O) groups excluding carboxylic acids is 2. The van der Waals surface area contributed by atoms with E-state index >= 15 is 0 Å². The van der Waals surface area contributed by atoms with Crippen LogP contribution in [0.25, 0.3) is 0 Å². The number of carboxylic acids is 1. The number of hydrogen-bond donors (Lipinski definition) is 1. The first-order chi connectivity index (χ1) is 16.4. The van der Waals surface area contributed by atoms with E-state index in [1.54, 1.807) is 6.92 Å². The molecule has 7 nitrogen and oxygen atoms in total. The molecule has 0 fully saturated rings. The van der Waals surface area contributed by atoms with Gasteiger partial charge in [0.15, 0.2) is 0 Å². The predicted octanol–water partition coefficient (Wildman–Crippen LogP) is 4.84. The van der Waals surface area contributed by atoms with Crippen molar-refractivity contribution in [2.75, 3.05) is 18.6 Å². The molecule has 1 heterocycles. The van der Waals surface area contributed by atoms with Crippen molar-refractivity contribution < 1.29 is 37.4 Å². The zero-order valence-corrected chi connectivity index (χ0v) is 19.0. The number of nitrogens with zero attached hydrogens (tertiary/aromatic N) is 2. The van der Waals surface area contributed by atoms with Crippen LogP contribution in [0.5, 0.6) is 0 Å². The first-order valence-electron chi connectivity index (χ1n) is 10.4. The molecular weight excluding hydrogens is 465 g/mol. The standard InChI is InChI=1S/C25H21F3N2O5/c1-5-15-10-11-18(19(12-15)22(31)32)21-20(23(33)35-6-2)14(3)30(24(34)29(21)4)17-9-7-8-16(13-17)25(26,27)28/h1,7-13,21H,6H2,2-4H3,(H,31,32). The van der Waals surface area contributed by atoms with Crippen molar-refractivity contribution in [3.63, 3.8) is 0 Å². The Morgan fingerprint density at radius 3 is 2.46 bits per heavy atom. The third-order valence-electron chi connectivity index (χ3n) is 5.55. The zero-order valence-electron chi connectivity index (χ0n) is 19.0. The van der Waals surface area contributed by atoms with Crippen molar-refractivity contribution in [1.29, 1.82) is 0 Å². The molecule has 2 amide bonds. The first kappa shape index (κ1) is 25.4. The van der Waals surface area contributed by atoms with Gasteiger partial charge >= 0.3 is 24.1 Å². The van der Waals surface area contributed by atoms with Gasteiger partial charge in [0.05, 0.1) is 35.0 Å². The van der Waals surface area contributed by atoms with E-state index in [2.05, 4.69) is 5.92 Å². The molecule has 0 saturated heterocycles. The fourth-order valence-electron chi connectivity index (χ4n) is 3.95. The normalized spacial score (nSPS) is 16.3. The monoisotopic (exact) mass is 486 g/mol. The molecule has 0 aliphatic carbocycles. The molecule has 1 unspecified atom stereocenters. The maximum absolute atomic E-state index is 13.4. The Hall–Kier alpha value is -4.26. The van der Waals surface area contributed by atoms with Crippen LogP contribution >= 0.6 is 0 Å². The molecule has 1 aliphatic rings. The molecule has 0 spiro atoms. The second kappa shape index (κ2) is 9.54. The highest BCUT2D eigenvalue weighted by Gasteiger charge is 2.43. The molecule has 2 aromatic rings. The number of anilines is 1. The van der Waals surface area contributed by atoms with E-state index in [4.69, 9.17) is 11.2 Å². The lowest BCUT2D eigenvalue weighted by atomic mass is 9.89. The molecule has 2 aromatic carbocycles. The summed E-state index contributed by atoms with van der Waals surface area (Å²) in [7, 11) is 1.32. The van der Waals surface area contributed by atoms with Crippen LogP contribution in [0.15, 0.2) is 53.7 Å². The fourth-order valence-corrected chi connectivity index (χ4v) is 3.95. The Balaban J connectivity index is 2.29. The number of carboxylic acid groups (broad SMARTS) is 1. The molecule has 3 rings (SSSR count). The summed E-state index contributed by atoms with van der Waals surface area (Å²) >= 11 is 0. The molecule has 0 bridgehead atoms. The van der Waals surface area contributed by atoms with Crippen LogP contribution in [0.1, 0.15) is 46.9 Å². The molecule has 0 aromatic heterocycles. The number of amides is 2. The second-order valence-corrected chi connectivity index (χ2v) is 7.65. The lowest BCUT2D eigenvalue weighted by molar-refractivity contribution is -0.139. The molecular formula is C25H21F3N2O5. The van der Waals surface area contributed by atoms with Gasteiger partial charge in [0.1, 0.15) is 0 Å². The van der Waals surface area contributed by atoms with E-state index in [1.165, 1.54) is 38.2 Å². The number of esters is 1. The highest BCUT2D eigenvalue weighted by atomic mass is 19.4. The van der Waals surface area contributed by atoms with Crippen LogP contribution in [0.3, 0.4) is 0 Å². The third-order valence-corrected chi connectivity index (χ3v) is 5.55. The number of urea groups is 1. The minimum absolute atomic E-state index is 0.00763. The smallest absolute Gasteiger partial charge is 0.416 e. The average molecular weight is 486 g/mol. The predicted molar refractivity (Wildman–Crippen MR) is 120 cm³/mol. The number of allylic oxidation sites excluding steroid dienone is 1. The molecule has 182 valence electrons. The molecule has 1 atom stereocenters. The van der Waals surface area contributed by atoms with E-state index in [-0.39, 0.29) is 40.3 Å². The number of terminal acetylenes is 1. The average Bonchev–Trinajstić information content (AvgIpc) is 2.80. The van der Waals surface area contributed by atoms with Crippen LogP contribution < -0.4 is 4.90 Å². The number of rotatable bonds is 5. The molecule has 1 aliphatic heterocycles. The summed E-state index contributed by atoms with van der Waals surface area (Å²) in [5.41, 5.74) is -1.03. The fraction of sp³-hybridized carbons (Fsp3) is 0.240. The van der Waals surface area contributed by atoms with Gasteiger partial charge in [-0.3, -0.25) is 4.90 Å². The lowest BCUT2D eigenvalue weighted by Crippen LogP contribution is -2.49. The van der Waals surface area contributed by atoms with Crippen LogP contribution in [0.2, 0.25) is 0 Å². The highest BCUT2D eigenvalue weighted by molar-refractivity contribution is 6.04. The van der Waals surface area contributed by atoms with Crippen molar-refractivity contribution in [3.05, 3.63) is 76.0 Å². The first-order valence-corrected chi connectivity index (χ1v) is 10.4. The van der Waals surface area contributed by atoms with Gasteiger partial charge in [-0.1, -0.05) is 18.1 Å². The van der Waals surface area contributed by atoms with Gasteiger partial charge in [0.25, 0.3) is 0 Å². The van der Waals surface area contributed by atoms with Crippen LogP contribution in [0, 0.1) is 12.3 Å². The Kier molecular flexibility index (Phi) is 6.91. The van der Waals surface area contributed by atoms with Gasteiger partial charge < -0.3 is 14.7 Å². The Morgan fingerprint density at radius 2 is 1.89 bits per heavy atom. The van der Waals surface area contributed by atoms with Gasteiger partial charge in [-0.25, -0.2) is 14.4 Å². The molecule has 0 saturated carbocycles. The second-order valence-electron chi connectivity index (χ2n) is 7.65. The van der Waals surface area contributed by atoms with Crippen LogP contribution in [-0.4, -0.2) is 41.6 Å². The van der Waals surface area contributed by atoms with E-state index in [1.807, 2.05) is 0 Å². The summed E-state index contributed by atoms with van der Waals surface area (Å²) in [6.45, 7) is 2.93. The number of ether oxygens (including phenoxy) is 1. The van der Waals surface area contributed by atoms with E-state index in [9.17, 15) is 32.7 Å². The quantitative estimate of drug-likeness (QED) is 0.483. The summed E-state index contributed by atoms with van der Waals surface area (Å²) in [6.07, 6.45) is 0.729. The lowest BCUT2D eigenvalue weighted by Gasteiger charge is -2.41. The Morgan fingerprint density at radius 1 is 1.20 bits per heavy atom. The minimum Gasteiger partial charge on any atom is -0.478 e. The van der Waals surface area contributed by atoms with Crippen molar-refractivity contribution >= 4 is 23.7 Å². The van der Waals surface area contributed by atoms with E-state index in [0.29, 0.717) is 0 Å². The summed E-state index contributed by atoms with van der Waals surface area (Å²) in [6, 6.07) is 6.27. The zero-order chi connectivity index (χ0) is 26.1. The van der Waals surface area contributed by atoms with Gasteiger partial charge in [0.2, 0.25) is 0 Å². The third kappa shape index (κ3) is 4.71. The van der Waals surface area contributed by atoms with Crippen molar-refractivity contribution in [1.82, 2.24) is 4.90 Å². The van der Waals surface area contributed by atoms with Crippen molar-refractivity contribution in [3.8, 4) is 12.3 Å². The van der Waals surface area contributed by atoms with Gasteiger partial charge in [-0.05, 0) is 49.7 Å². The van der Waals surface area contributed by atoms with Crippen molar-refractivity contribution in [2.24, 2.45) is 0 Å². The van der Waals surface area contributed by atoms with Crippen LogP contribution in [-0.2, 0) is 15.7 Å². The summed E-state index contributed by atoms with van der Waals surface area (Å²) < 4.78 is 45.1. The topological polar surface area (TPSA) is 87.2 Å². The molecule has 1 N–H and O–H groups in total. The number of benzene rings is 2. The highest BCUT2D eigenvalue weighted by Crippen LogP contribution is 2.41. The molecule has 0 radical (unpaired) electrons. The van der Waals surface area contributed by atoms with E-state index in [0.717, 1.165) is 28.0 Å². The number of halogens is 3. The minimum atomic E-state index is -4.65. The van der Waals surface area contributed by atoms with Gasteiger partial charge in [-0.2, -0.15) is 13.2 Å². The Labute approximate surface area is 199 Å². The molecule has 10 heteroatoms. The number of aromatic carboxylic acids is 1.